The van der Waals surface area contributed by atoms with E-state index in [0.717, 1.165) is 18.9 Å². The molecular formula is C19H15Cl2FN6O. The van der Waals surface area contributed by atoms with Crippen LogP contribution in [0.2, 0.25) is 10.0 Å². The summed E-state index contributed by atoms with van der Waals surface area (Å²) in [5, 5.41) is 8.08. The Hall–Kier alpha value is -2.68. The highest BCUT2D eigenvalue weighted by atomic mass is 35.5. The van der Waals surface area contributed by atoms with E-state index < -0.39 is 5.82 Å². The smallest absolute Gasteiger partial charge is 0.176 e. The van der Waals surface area contributed by atoms with Crippen LogP contribution in [-0.2, 0) is 4.74 Å². The average molecular weight is 433 g/mol. The molecule has 0 unspecified atom stereocenters. The number of anilines is 2. The molecule has 2 aliphatic rings. The van der Waals surface area contributed by atoms with Crippen molar-refractivity contribution in [2.75, 3.05) is 36.5 Å². The van der Waals surface area contributed by atoms with Crippen LogP contribution in [0.4, 0.5) is 21.7 Å². The first kappa shape index (κ1) is 18.4. The van der Waals surface area contributed by atoms with Crippen LogP contribution in [0.5, 0.6) is 0 Å². The monoisotopic (exact) mass is 432 g/mol. The lowest BCUT2D eigenvalue weighted by Crippen LogP contribution is -2.36. The molecule has 10 heteroatoms. The van der Waals surface area contributed by atoms with Gasteiger partial charge in [-0.05, 0) is 12.1 Å². The Bertz CT molecular complexity index is 1110. The van der Waals surface area contributed by atoms with E-state index in [0.29, 0.717) is 35.4 Å². The van der Waals surface area contributed by atoms with Gasteiger partial charge in [0.2, 0.25) is 0 Å². The molecule has 3 aromatic rings. The van der Waals surface area contributed by atoms with Gasteiger partial charge in [-0.15, -0.1) is 0 Å². The van der Waals surface area contributed by atoms with Gasteiger partial charge in [0, 0.05) is 19.2 Å². The maximum absolute atomic E-state index is 14.6. The molecule has 29 heavy (non-hydrogen) atoms. The average Bonchev–Trinajstić information content (AvgIpc) is 3.00. The molecule has 148 valence electrons. The van der Waals surface area contributed by atoms with Crippen molar-refractivity contribution in [1.29, 1.82) is 0 Å². The molecule has 0 spiro atoms. The third-order valence-electron chi connectivity index (χ3n) is 4.80. The third kappa shape index (κ3) is 3.23. The third-order valence-corrected chi connectivity index (χ3v) is 5.38. The number of amidine groups is 1. The number of aliphatic imine (C=N–C) groups is 1. The number of hydrogen-bond acceptors (Lipinski definition) is 6. The zero-order chi connectivity index (χ0) is 20.0. The molecule has 1 aromatic carbocycles. The molecule has 2 aliphatic heterocycles. The summed E-state index contributed by atoms with van der Waals surface area (Å²) in [5.41, 5.74) is 1.47. The summed E-state index contributed by atoms with van der Waals surface area (Å²) in [6.45, 7) is 2.79. The maximum atomic E-state index is 14.6. The Morgan fingerprint density at radius 2 is 1.93 bits per heavy atom. The van der Waals surface area contributed by atoms with Gasteiger partial charge in [-0.1, -0.05) is 29.3 Å². The van der Waals surface area contributed by atoms with Gasteiger partial charge in [0.05, 0.1) is 47.6 Å². The molecule has 0 bridgehead atoms. The molecular weight excluding hydrogens is 418 g/mol. The van der Waals surface area contributed by atoms with Crippen molar-refractivity contribution in [3.05, 3.63) is 58.1 Å². The van der Waals surface area contributed by atoms with Crippen molar-refractivity contribution >= 4 is 46.4 Å². The van der Waals surface area contributed by atoms with Crippen molar-refractivity contribution in [3.8, 4) is 5.69 Å². The summed E-state index contributed by atoms with van der Waals surface area (Å²) in [5.74, 6) is 0.911. The Labute approximate surface area is 175 Å². The Kier molecular flexibility index (Phi) is 4.61. The van der Waals surface area contributed by atoms with Gasteiger partial charge in [-0.2, -0.15) is 5.10 Å². The van der Waals surface area contributed by atoms with Gasteiger partial charge in [0.15, 0.2) is 5.82 Å². The number of rotatable bonds is 2. The largest absolute Gasteiger partial charge is 0.378 e. The molecule has 0 aliphatic carbocycles. The van der Waals surface area contributed by atoms with Crippen molar-refractivity contribution in [2.45, 2.75) is 0 Å². The zero-order valence-corrected chi connectivity index (χ0v) is 16.6. The van der Waals surface area contributed by atoms with E-state index in [-0.39, 0.29) is 16.4 Å². The summed E-state index contributed by atoms with van der Waals surface area (Å²) in [7, 11) is 0. The highest BCUT2D eigenvalue weighted by Crippen LogP contribution is 2.36. The molecule has 0 amide bonds. The minimum absolute atomic E-state index is 0.156. The van der Waals surface area contributed by atoms with Crippen LogP contribution >= 0.6 is 23.2 Å². The maximum Gasteiger partial charge on any atom is 0.176 e. The first-order valence-electron chi connectivity index (χ1n) is 8.98. The summed E-state index contributed by atoms with van der Waals surface area (Å²) < 4.78 is 21.6. The standard InChI is InChI=1S/C19H15Cl2FN6O/c20-11-2-1-3-13(22)17(11)18-25-14-10-23-16(27-4-6-29-7-5-27)8-15(14)28-19(26-18)12(21)9-24-28/h1-3,8-10H,4-7H2,(H,25,26). The lowest BCUT2D eigenvalue weighted by Gasteiger charge is -2.28. The molecule has 5 rings (SSSR count). The number of benzene rings is 1. The lowest BCUT2D eigenvalue weighted by atomic mass is 10.2. The van der Waals surface area contributed by atoms with Crippen LogP contribution in [0.1, 0.15) is 5.56 Å². The number of halogens is 3. The van der Waals surface area contributed by atoms with E-state index >= 15 is 0 Å². The van der Waals surface area contributed by atoms with Crippen LogP contribution in [0.15, 0.2) is 41.7 Å². The van der Waals surface area contributed by atoms with Crippen LogP contribution in [0.3, 0.4) is 0 Å². The molecule has 0 saturated carbocycles. The van der Waals surface area contributed by atoms with Crippen LogP contribution in [0, 0.1) is 5.82 Å². The molecule has 1 fully saturated rings. The lowest BCUT2D eigenvalue weighted by molar-refractivity contribution is 0.122. The molecule has 7 nitrogen and oxygen atoms in total. The van der Waals surface area contributed by atoms with Gasteiger partial charge < -0.3 is 15.0 Å². The second-order valence-corrected chi connectivity index (χ2v) is 7.38. The van der Waals surface area contributed by atoms with Gasteiger partial charge in [-0.3, -0.25) is 0 Å². The van der Waals surface area contributed by atoms with Crippen molar-refractivity contribution in [3.63, 3.8) is 0 Å². The summed E-state index contributed by atoms with van der Waals surface area (Å²) >= 11 is 12.6. The minimum Gasteiger partial charge on any atom is -0.378 e. The fourth-order valence-electron chi connectivity index (χ4n) is 3.37. The van der Waals surface area contributed by atoms with Crippen molar-refractivity contribution < 1.29 is 9.13 Å². The predicted octanol–water partition coefficient (Wildman–Crippen LogP) is 4.05. The van der Waals surface area contributed by atoms with Crippen LogP contribution < -0.4 is 10.2 Å². The van der Waals surface area contributed by atoms with Gasteiger partial charge in [0.25, 0.3) is 0 Å². The summed E-state index contributed by atoms with van der Waals surface area (Å²) in [6.07, 6.45) is 3.18. The summed E-state index contributed by atoms with van der Waals surface area (Å²) in [6, 6.07) is 6.38. The number of morpholine rings is 1. The quantitative estimate of drug-likeness (QED) is 0.661. The van der Waals surface area contributed by atoms with Gasteiger partial charge in [0.1, 0.15) is 22.5 Å². The number of nitrogens with one attached hydrogen (secondary N) is 1. The number of fused-ring (bicyclic) bond motifs is 3. The van der Waals surface area contributed by atoms with Crippen molar-refractivity contribution in [2.24, 2.45) is 4.99 Å². The molecule has 0 radical (unpaired) electrons. The number of nitrogens with zero attached hydrogens (tertiary/aromatic N) is 5. The highest BCUT2D eigenvalue weighted by Gasteiger charge is 2.25. The van der Waals surface area contributed by atoms with Crippen LogP contribution in [-0.4, -0.2) is 46.9 Å². The first-order chi connectivity index (χ1) is 14.1. The minimum atomic E-state index is -0.493. The molecule has 1 N–H and O–H groups in total. The van der Waals surface area contributed by atoms with E-state index in [2.05, 4.69) is 25.3 Å². The molecule has 2 aromatic heterocycles. The molecule has 4 heterocycles. The second kappa shape index (κ2) is 7.29. The van der Waals surface area contributed by atoms with Crippen LogP contribution in [0.25, 0.3) is 5.69 Å². The predicted molar refractivity (Wildman–Crippen MR) is 111 cm³/mol. The van der Waals surface area contributed by atoms with E-state index in [4.69, 9.17) is 27.9 Å². The molecule has 1 saturated heterocycles. The van der Waals surface area contributed by atoms with E-state index in [1.165, 1.54) is 12.3 Å². The summed E-state index contributed by atoms with van der Waals surface area (Å²) in [4.78, 5) is 11.2. The highest BCUT2D eigenvalue weighted by molar-refractivity contribution is 6.35. The normalized spacial score (nSPS) is 15.8. The fourth-order valence-corrected chi connectivity index (χ4v) is 3.79. The number of pyridine rings is 1. The second-order valence-electron chi connectivity index (χ2n) is 6.57. The van der Waals surface area contributed by atoms with Crippen molar-refractivity contribution in [1.82, 2.24) is 14.8 Å². The SMILES string of the molecule is Fc1cccc(Cl)c1C1=Nc2c(Cl)cnn2-c2cc(N3CCOCC3)ncc2N1. The Balaban J connectivity index is 1.66. The van der Waals surface area contributed by atoms with Gasteiger partial charge in [-0.25, -0.2) is 19.0 Å². The van der Waals surface area contributed by atoms with E-state index in [1.54, 1.807) is 23.0 Å². The Morgan fingerprint density at radius 3 is 2.72 bits per heavy atom. The number of hydrogen-bond donors (Lipinski definition) is 1. The van der Waals surface area contributed by atoms with E-state index in [1.807, 2.05) is 6.07 Å². The fraction of sp³-hybridized carbons (Fsp3) is 0.211. The van der Waals surface area contributed by atoms with E-state index in [9.17, 15) is 4.39 Å². The zero-order valence-electron chi connectivity index (χ0n) is 15.1. The first-order valence-corrected chi connectivity index (χ1v) is 9.74. The molecule has 0 atom stereocenters. The Morgan fingerprint density at radius 1 is 1.10 bits per heavy atom. The topological polar surface area (TPSA) is 67.6 Å². The van der Waals surface area contributed by atoms with Gasteiger partial charge >= 0.3 is 0 Å². The number of ether oxygens (including phenoxy) is 1. The number of aromatic nitrogens is 3.